The van der Waals surface area contributed by atoms with Crippen molar-refractivity contribution in [3.05, 3.63) is 10.2 Å². The van der Waals surface area contributed by atoms with Crippen molar-refractivity contribution in [1.82, 2.24) is 0 Å². The molecule has 8 heavy (non-hydrogen) atoms. The Balaban J connectivity index is 3.71. The fourth-order valence-corrected chi connectivity index (χ4v) is 1.26. The number of halogens is 1. The van der Waals surface area contributed by atoms with Crippen molar-refractivity contribution >= 4 is 22.6 Å². The highest BCUT2D eigenvalue weighted by Gasteiger charge is 2.08. The van der Waals surface area contributed by atoms with Crippen molar-refractivity contribution in [2.45, 2.75) is 27.2 Å². The van der Waals surface area contributed by atoms with Gasteiger partial charge in [-0.1, -0.05) is 49.4 Å². The van der Waals surface area contributed by atoms with Crippen molar-refractivity contribution in [3.63, 3.8) is 0 Å². The van der Waals surface area contributed by atoms with E-state index in [-0.39, 0.29) is 0 Å². The molecule has 0 amide bonds. The molecule has 0 spiro atoms. The van der Waals surface area contributed by atoms with Crippen molar-refractivity contribution in [3.8, 4) is 0 Å². The standard InChI is InChI=1S/C7H13I/c1-4-7(2,3)5-6-8/h5-6H,4H2,1-3H3. The summed E-state index contributed by atoms with van der Waals surface area (Å²) < 4.78 is 2.08. The Kier molecular flexibility index (Phi) is 3.69. The van der Waals surface area contributed by atoms with Crippen LogP contribution in [0.5, 0.6) is 0 Å². The molecule has 0 rings (SSSR count). The Morgan fingerprint density at radius 3 is 2.12 bits per heavy atom. The molecule has 0 aromatic heterocycles. The van der Waals surface area contributed by atoms with Crippen LogP contribution in [0.1, 0.15) is 27.2 Å². The third kappa shape index (κ3) is 3.47. The van der Waals surface area contributed by atoms with Crippen LogP contribution in [0.3, 0.4) is 0 Å². The minimum absolute atomic E-state index is 0.404. The minimum Gasteiger partial charge on any atom is -0.0728 e. The van der Waals surface area contributed by atoms with E-state index in [0.717, 1.165) is 0 Å². The Morgan fingerprint density at radius 2 is 2.00 bits per heavy atom. The first kappa shape index (κ1) is 8.47. The molecule has 1 heteroatoms. The minimum atomic E-state index is 0.404. The third-order valence-corrected chi connectivity index (χ3v) is 1.78. The number of hydrogen-bond acceptors (Lipinski definition) is 0. The Hall–Kier alpha value is 0.470. The van der Waals surface area contributed by atoms with E-state index < -0.39 is 0 Å². The number of hydrogen-bond donors (Lipinski definition) is 0. The highest BCUT2D eigenvalue weighted by Crippen LogP contribution is 2.21. The molecule has 0 fully saturated rings. The first-order valence-electron chi connectivity index (χ1n) is 2.90. The summed E-state index contributed by atoms with van der Waals surface area (Å²) in [7, 11) is 0. The maximum atomic E-state index is 2.26. The van der Waals surface area contributed by atoms with Gasteiger partial charge in [0, 0.05) is 0 Å². The van der Waals surface area contributed by atoms with Gasteiger partial charge < -0.3 is 0 Å². The van der Waals surface area contributed by atoms with Gasteiger partial charge in [0.2, 0.25) is 0 Å². The number of rotatable bonds is 2. The Labute approximate surface area is 65.5 Å². The smallest absolute Gasteiger partial charge is 0.0170 e. The molecule has 0 aliphatic carbocycles. The summed E-state index contributed by atoms with van der Waals surface area (Å²) >= 11 is 2.26. The summed E-state index contributed by atoms with van der Waals surface area (Å²) in [5.74, 6) is 0. The van der Waals surface area contributed by atoms with E-state index in [4.69, 9.17) is 0 Å². The van der Waals surface area contributed by atoms with Crippen LogP contribution in [0.4, 0.5) is 0 Å². The molecule has 0 nitrogen and oxygen atoms in total. The van der Waals surface area contributed by atoms with E-state index in [2.05, 4.69) is 53.5 Å². The van der Waals surface area contributed by atoms with Crippen molar-refractivity contribution in [1.29, 1.82) is 0 Å². The SMILES string of the molecule is CCC(C)(C)C=CI. The number of allylic oxidation sites excluding steroid dienone is 1. The van der Waals surface area contributed by atoms with E-state index >= 15 is 0 Å². The first-order valence-corrected chi connectivity index (χ1v) is 4.15. The lowest BCUT2D eigenvalue weighted by atomic mass is 9.91. The first-order chi connectivity index (χ1) is 3.62. The second-order valence-corrected chi connectivity index (χ2v) is 3.35. The van der Waals surface area contributed by atoms with Gasteiger partial charge in [0.25, 0.3) is 0 Å². The normalized spacial score (nSPS) is 13.0. The topological polar surface area (TPSA) is 0 Å². The van der Waals surface area contributed by atoms with Gasteiger partial charge in [0.1, 0.15) is 0 Å². The van der Waals surface area contributed by atoms with Crippen LogP contribution in [-0.4, -0.2) is 0 Å². The Bertz CT molecular complexity index is 82.4. The summed E-state index contributed by atoms with van der Waals surface area (Å²) in [6.45, 7) is 6.68. The third-order valence-electron chi connectivity index (χ3n) is 1.43. The van der Waals surface area contributed by atoms with Gasteiger partial charge in [0.15, 0.2) is 0 Å². The van der Waals surface area contributed by atoms with Gasteiger partial charge in [0.05, 0.1) is 0 Å². The van der Waals surface area contributed by atoms with Crippen LogP contribution in [0.2, 0.25) is 0 Å². The predicted molar refractivity (Wildman–Crippen MR) is 47.2 cm³/mol. The van der Waals surface area contributed by atoms with E-state index in [1.807, 2.05) is 0 Å². The molecule has 0 atom stereocenters. The van der Waals surface area contributed by atoms with E-state index in [9.17, 15) is 0 Å². The average molecular weight is 224 g/mol. The van der Waals surface area contributed by atoms with E-state index in [0.29, 0.717) is 5.41 Å². The van der Waals surface area contributed by atoms with Crippen molar-refractivity contribution < 1.29 is 0 Å². The fourth-order valence-electron chi connectivity index (χ4n) is 0.288. The van der Waals surface area contributed by atoms with Gasteiger partial charge in [-0.05, 0) is 15.9 Å². The zero-order valence-corrected chi connectivity index (χ0v) is 7.90. The summed E-state index contributed by atoms with van der Waals surface area (Å²) in [6, 6.07) is 0. The maximum Gasteiger partial charge on any atom is -0.0170 e. The lowest BCUT2D eigenvalue weighted by Gasteiger charge is -2.15. The zero-order chi connectivity index (χ0) is 6.62. The van der Waals surface area contributed by atoms with E-state index in [1.165, 1.54) is 6.42 Å². The molecular formula is C7H13I. The molecule has 48 valence electrons. The molecule has 0 aromatic carbocycles. The molecule has 0 aliphatic heterocycles. The van der Waals surface area contributed by atoms with E-state index in [1.54, 1.807) is 0 Å². The largest absolute Gasteiger partial charge is 0.0728 e. The van der Waals surface area contributed by atoms with Crippen LogP contribution in [0, 0.1) is 5.41 Å². The summed E-state index contributed by atoms with van der Waals surface area (Å²) in [5, 5.41) is 0. The lowest BCUT2D eigenvalue weighted by molar-refractivity contribution is 0.463. The van der Waals surface area contributed by atoms with Gasteiger partial charge >= 0.3 is 0 Å². The monoisotopic (exact) mass is 224 g/mol. The van der Waals surface area contributed by atoms with Crippen molar-refractivity contribution in [2.24, 2.45) is 5.41 Å². The summed E-state index contributed by atoms with van der Waals surface area (Å²) in [4.78, 5) is 0. The van der Waals surface area contributed by atoms with Crippen LogP contribution >= 0.6 is 22.6 Å². The van der Waals surface area contributed by atoms with Crippen LogP contribution < -0.4 is 0 Å². The second-order valence-electron chi connectivity index (χ2n) is 2.63. The highest BCUT2D eigenvalue weighted by atomic mass is 127. The maximum absolute atomic E-state index is 2.26. The molecule has 0 heterocycles. The molecule has 0 bridgehead atoms. The summed E-state index contributed by atoms with van der Waals surface area (Å²) in [6.07, 6.45) is 3.44. The second kappa shape index (κ2) is 3.49. The molecular weight excluding hydrogens is 211 g/mol. The van der Waals surface area contributed by atoms with Gasteiger partial charge in [-0.2, -0.15) is 0 Å². The quantitative estimate of drug-likeness (QED) is 0.631. The molecule has 0 N–H and O–H groups in total. The summed E-state index contributed by atoms with van der Waals surface area (Å²) in [5.41, 5.74) is 0.404. The Morgan fingerprint density at radius 1 is 1.50 bits per heavy atom. The van der Waals surface area contributed by atoms with Crippen LogP contribution in [0.15, 0.2) is 10.2 Å². The lowest BCUT2D eigenvalue weighted by Crippen LogP contribution is -2.03. The molecule has 0 aliphatic rings. The van der Waals surface area contributed by atoms with Crippen LogP contribution in [-0.2, 0) is 0 Å². The molecule has 0 unspecified atom stereocenters. The molecule has 0 saturated carbocycles. The molecule has 0 radical (unpaired) electrons. The van der Waals surface area contributed by atoms with Crippen LogP contribution in [0.25, 0.3) is 0 Å². The zero-order valence-electron chi connectivity index (χ0n) is 5.74. The molecule has 0 aromatic rings. The highest BCUT2D eigenvalue weighted by molar-refractivity contribution is 14.1. The van der Waals surface area contributed by atoms with Gasteiger partial charge in [-0.3, -0.25) is 0 Å². The average Bonchev–Trinajstić information content (AvgIpc) is 1.67. The van der Waals surface area contributed by atoms with Gasteiger partial charge in [-0.15, -0.1) is 0 Å². The molecule has 0 saturated heterocycles. The van der Waals surface area contributed by atoms with Crippen molar-refractivity contribution in [2.75, 3.05) is 0 Å². The van der Waals surface area contributed by atoms with Gasteiger partial charge in [-0.25, -0.2) is 0 Å². The predicted octanol–water partition coefficient (Wildman–Crippen LogP) is 3.37. The fraction of sp³-hybridized carbons (Fsp3) is 0.714.